The van der Waals surface area contributed by atoms with Gasteiger partial charge in [0.05, 0.1) is 18.7 Å². The summed E-state index contributed by atoms with van der Waals surface area (Å²) in [5.41, 5.74) is 0.567. The molecule has 20 heavy (non-hydrogen) atoms. The number of pyridine rings is 1. The molecule has 7 nitrogen and oxygen atoms in total. The fourth-order valence-corrected chi connectivity index (χ4v) is 1.42. The number of likely N-dealkylation sites (N-methyl/N-ethyl adjacent to an activating group) is 1. The highest BCUT2D eigenvalue weighted by Gasteiger charge is 2.15. The number of hydrogen-bond acceptors (Lipinski definition) is 5. The van der Waals surface area contributed by atoms with Crippen molar-refractivity contribution in [2.45, 2.75) is 0 Å². The normalized spacial score (nSPS) is 9.65. The zero-order chi connectivity index (χ0) is 15.0. The van der Waals surface area contributed by atoms with Gasteiger partial charge in [-0.15, -0.1) is 0 Å². The third kappa shape index (κ3) is 4.66. The fourth-order valence-electron chi connectivity index (χ4n) is 1.42. The van der Waals surface area contributed by atoms with Crippen LogP contribution in [0, 0.1) is 11.3 Å². The number of aromatic nitrogens is 1. The molecule has 106 valence electrons. The maximum absolute atomic E-state index is 12.0. The molecule has 0 aromatic carbocycles. The summed E-state index contributed by atoms with van der Waals surface area (Å²) >= 11 is 0. The third-order valence-corrected chi connectivity index (χ3v) is 2.47. The molecule has 2 amide bonds. The van der Waals surface area contributed by atoms with E-state index in [4.69, 9.17) is 10.00 Å². The van der Waals surface area contributed by atoms with E-state index in [1.165, 1.54) is 30.3 Å². The second-order valence-electron chi connectivity index (χ2n) is 4.05. The number of methoxy groups -OCH3 is 1. The standard InChI is InChI=1S/C13H16N4O3/c1-17(9-12(18)15-5-6-20-2)13(19)11-4-3-10(7-14)8-16-11/h3-4,8H,5-6,9H2,1-2H3,(H,15,18). The number of ether oxygens (including phenoxy) is 1. The van der Waals surface area contributed by atoms with Crippen molar-refractivity contribution < 1.29 is 14.3 Å². The van der Waals surface area contributed by atoms with Gasteiger partial charge in [0.1, 0.15) is 11.8 Å². The fraction of sp³-hybridized carbons (Fsp3) is 0.385. The van der Waals surface area contributed by atoms with Gasteiger partial charge < -0.3 is 15.0 Å². The molecule has 0 saturated carbocycles. The number of amides is 2. The minimum atomic E-state index is -0.378. The molecule has 1 N–H and O–H groups in total. The lowest BCUT2D eigenvalue weighted by molar-refractivity contribution is -0.121. The topological polar surface area (TPSA) is 95.3 Å². The van der Waals surface area contributed by atoms with Gasteiger partial charge >= 0.3 is 0 Å². The van der Waals surface area contributed by atoms with Gasteiger partial charge in [0.25, 0.3) is 5.91 Å². The summed E-state index contributed by atoms with van der Waals surface area (Å²) in [5, 5.41) is 11.3. The quantitative estimate of drug-likeness (QED) is 0.725. The molecule has 0 aliphatic heterocycles. The zero-order valence-electron chi connectivity index (χ0n) is 11.4. The molecule has 7 heteroatoms. The van der Waals surface area contributed by atoms with Crippen LogP contribution in [0.4, 0.5) is 0 Å². The van der Waals surface area contributed by atoms with Gasteiger partial charge in [-0.3, -0.25) is 9.59 Å². The largest absolute Gasteiger partial charge is 0.383 e. The molecule has 0 aliphatic carbocycles. The monoisotopic (exact) mass is 276 g/mol. The maximum atomic E-state index is 12.0. The van der Waals surface area contributed by atoms with Gasteiger partial charge in [-0.05, 0) is 12.1 Å². The second kappa shape index (κ2) is 7.86. The predicted octanol–water partition coefficient (Wildman–Crippen LogP) is -0.212. The van der Waals surface area contributed by atoms with Crippen LogP contribution in [0.1, 0.15) is 16.1 Å². The van der Waals surface area contributed by atoms with Gasteiger partial charge in [-0.1, -0.05) is 0 Å². The van der Waals surface area contributed by atoms with E-state index < -0.39 is 0 Å². The molecule has 0 spiro atoms. The number of hydrogen-bond donors (Lipinski definition) is 1. The molecule has 0 atom stereocenters. The van der Waals surface area contributed by atoms with Gasteiger partial charge in [0.2, 0.25) is 5.91 Å². The van der Waals surface area contributed by atoms with Crippen LogP contribution in [0.5, 0.6) is 0 Å². The van der Waals surface area contributed by atoms with Crippen molar-refractivity contribution in [1.82, 2.24) is 15.2 Å². The van der Waals surface area contributed by atoms with Crippen molar-refractivity contribution >= 4 is 11.8 Å². The lowest BCUT2D eigenvalue weighted by Crippen LogP contribution is -2.39. The number of nitriles is 1. The highest BCUT2D eigenvalue weighted by molar-refractivity contribution is 5.94. The van der Waals surface area contributed by atoms with Crippen LogP contribution in [0.25, 0.3) is 0 Å². The summed E-state index contributed by atoms with van der Waals surface area (Å²) < 4.78 is 4.80. The molecule has 0 bridgehead atoms. The van der Waals surface area contributed by atoms with Crippen molar-refractivity contribution in [1.29, 1.82) is 5.26 Å². The molecule has 1 aromatic rings. The zero-order valence-corrected chi connectivity index (χ0v) is 11.4. The lowest BCUT2D eigenvalue weighted by atomic mass is 10.2. The van der Waals surface area contributed by atoms with Crippen molar-refractivity contribution in [2.75, 3.05) is 33.9 Å². The first-order valence-electron chi connectivity index (χ1n) is 5.95. The highest BCUT2D eigenvalue weighted by atomic mass is 16.5. The van der Waals surface area contributed by atoms with Crippen LogP contribution < -0.4 is 5.32 Å². The minimum absolute atomic E-state index is 0.0652. The van der Waals surface area contributed by atoms with Gasteiger partial charge in [-0.2, -0.15) is 5.26 Å². The first-order valence-corrected chi connectivity index (χ1v) is 5.95. The van der Waals surface area contributed by atoms with Crippen molar-refractivity contribution in [3.63, 3.8) is 0 Å². The van der Waals surface area contributed by atoms with Crippen molar-refractivity contribution in [3.8, 4) is 6.07 Å². The van der Waals surface area contributed by atoms with E-state index >= 15 is 0 Å². The molecule has 0 radical (unpaired) electrons. The summed E-state index contributed by atoms with van der Waals surface area (Å²) in [5.74, 6) is -0.650. The van der Waals surface area contributed by atoms with E-state index in [9.17, 15) is 9.59 Å². The molecule has 0 unspecified atom stereocenters. The third-order valence-electron chi connectivity index (χ3n) is 2.47. The maximum Gasteiger partial charge on any atom is 0.272 e. The lowest BCUT2D eigenvalue weighted by Gasteiger charge is -2.16. The van der Waals surface area contributed by atoms with Gasteiger partial charge in [0, 0.05) is 26.9 Å². The first kappa shape index (κ1) is 15.6. The molecular weight excluding hydrogens is 260 g/mol. The summed E-state index contributed by atoms with van der Waals surface area (Å²) in [6.45, 7) is 0.747. The molecule has 1 aromatic heterocycles. The number of carbonyl (C=O) groups is 2. The average Bonchev–Trinajstić information content (AvgIpc) is 2.46. The van der Waals surface area contributed by atoms with Crippen LogP contribution in [-0.4, -0.2) is 55.6 Å². The number of carbonyl (C=O) groups excluding carboxylic acids is 2. The molecule has 1 rings (SSSR count). The van der Waals surface area contributed by atoms with Crippen LogP contribution >= 0.6 is 0 Å². The van der Waals surface area contributed by atoms with Crippen molar-refractivity contribution in [3.05, 3.63) is 29.6 Å². The van der Waals surface area contributed by atoms with Crippen LogP contribution in [-0.2, 0) is 9.53 Å². The van der Waals surface area contributed by atoms with Crippen LogP contribution in [0.15, 0.2) is 18.3 Å². The van der Waals surface area contributed by atoms with Gasteiger partial charge in [0.15, 0.2) is 0 Å². The SMILES string of the molecule is COCCNC(=O)CN(C)C(=O)c1ccc(C#N)cn1. The van der Waals surface area contributed by atoms with E-state index in [1.54, 1.807) is 7.11 Å². The molecule has 0 saturated heterocycles. The Balaban J connectivity index is 2.53. The first-order chi connectivity index (χ1) is 9.58. The Morgan fingerprint density at radius 1 is 1.50 bits per heavy atom. The minimum Gasteiger partial charge on any atom is -0.383 e. The number of nitrogens with one attached hydrogen (secondary N) is 1. The summed E-state index contributed by atoms with van der Waals surface area (Å²) in [7, 11) is 3.05. The molecule has 1 heterocycles. The average molecular weight is 276 g/mol. The summed E-state index contributed by atoms with van der Waals surface area (Å²) in [4.78, 5) is 28.7. The number of rotatable bonds is 6. The van der Waals surface area contributed by atoms with E-state index in [-0.39, 0.29) is 24.1 Å². The highest BCUT2D eigenvalue weighted by Crippen LogP contribution is 2.02. The van der Waals surface area contributed by atoms with E-state index in [0.717, 1.165) is 0 Å². The number of nitrogens with zero attached hydrogens (tertiary/aromatic N) is 3. The Morgan fingerprint density at radius 2 is 2.25 bits per heavy atom. The molecule has 0 fully saturated rings. The van der Waals surface area contributed by atoms with Crippen LogP contribution in [0.3, 0.4) is 0 Å². The van der Waals surface area contributed by atoms with E-state index in [1.807, 2.05) is 6.07 Å². The van der Waals surface area contributed by atoms with Gasteiger partial charge in [-0.25, -0.2) is 4.98 Å². The predicted molar refractivity (Wildman–Crippen MR) is 70.8 cm³/mol. The Kier molecular flexibility index (Phi) is 6.13. The molecule has 0 aliphatic rings. The summed E-state index contributed by atoms with van der Waals surface area (Å²) in [6, 6.07) is 4.89. The van der Waals surface area contributed by atoms with E-state index in [2.05, 4.69) is 10.3 Å². The Hall–Kier alpha value is -2.46. The Labute approximate surface area is 117 Å². The molecular formula is C13H16N4O3. The van der Waals surface area contributed by atoms with Crippen molar-refractivity contribution in [2.24, 2.45) is 0 Å². The smallest absolute Gasteiger partial charge is 0.272 e. The Morgan fingerprint density at radius 3 is 2.80 bits per heavy atom. The summed E-state index contributed by atoms with van der Waals surface area (Å²) in [6.07, 6.45) is 1.32. The van der Waals surface area contributed by atoms with E-state index in [0.29, 0.717) is 18.7 Å². The Bertz CT molecular complexity index is 507. The van der Waals surface area contributed by atoms with Crippen LogP contribution in [0.2, 0.25) is 0 Å². The second-order valence-corrected chi connectivity index (χ2v) is 4.05.